The lowest BCUT2D eigenvalue weighted by atomic mass is 10.0. The van der Waals surface area contributed by atoms with Crippen molar-refractivity contribution in [3.63, 3.8) is 0 Å². The Kier molecular flexibility index (Phi) is 17.9. The quantitative estimate of drug-likeness (QED) is 0.0314. The number of fused-ring (bicyclic) bond motifs is 1. The molecule has 3 unspecified atom stereocenters. The van der Waals surface area contributed by atoms with E-state index >= 15 is 0 Å². The van der Waals surface area contributed by atoms with Crippen LogP contribution in [-0.2, 0) is 35.3 Å². The summed E-state index contributed by atoms with van der Waals surface area (Å²) in [7, 11) is 0. The van der Waals surface area contributed by atoms with Gasteiger partial charge in [0.05, 0.1) is 21.5 Å². The number of hydrogen-bond acceptors (Lipinski definition) is 16. The van der Waals surface area contributed by atoms with Crippen molar-refractivity contribution in [2.45, 2.75) is 84.0 Å². The van der Waals surface area contributed by atoms with Gasteiger partial charge in [0.15, 0.2) is 0 Å². The van der Waals surface area contributed by atoms with Gasteiger partial charge in [-0.25, -0.2) is 9.78 Å². The maximum absolute atomic E-state index is 13.5. The average Bonchev–Trinajstić information content (AvgIpc) is 4.00. The van der Waals surface area contributed by atoms with Crippen LogP contribution in [0, 0.1) is 5.92 Å². The molecule has 0 bridgehead atoms. The number of carbonyl (C=O) groups is 8. The number of aliphatic carboxylic acids is 1. The number of aromatic nitrogens is 6. The zero-order valence-electron chi connectivity index (χ0n) is 39.5. The first-order chi connectivity index (χ1) is 34.4. The molecule has 6 rings (SSSR count). The second kappa shape index (κ2) is 24.3. The number of carboxylic acids is 1. The zero-order valence-corrected chi connectivity index (χ0v) is 40.2. The molecule has 0 radical (unpaired) electrons. The summed E-state index contributed by atoms with van der Waals surface area (Å²) < 4.78 is 0. The lowest BCUT2D eigenvalue weighted by molar-refractivity contribution is -0.139. The standard InChI is InChI=1S/C47H54ClN15O9/c1-24(2)39(57-34(64)9-5-4-6-21-63-35(65)18-19-36(63)66)45(70)53-25(3)42(67)54-29-15-16-30(31(22-29)41-59-61-62-60-41)44(69)51-20-7-8-33(46(71)72)55-43(68)26-10-13-28(14-11-26)52-23-27-12-17-32-37(38(27)48)40(49)58-47(50)56-32/h10-19,22,24-25,33,39,52H,4-9,20-21,23H2,1-3H3,(H,51,69)(H,53,70)(H,54,67)(H,55,68)(H,57,64)(H,71,72)(H4,49,50,56,58)(H,59,60,61,62). The minimum atomic E-state index is -1.28. The van der Waals surface area contributed by atoms with Crippen LogP contribution >= 0.6 is 11.6 Å². The number of aromatic amines is 1. The molecule has 0 fully saturated rings. The molecule has 0 saturated carbocycles. The molecule has 3 aromatic carbocycles. The molecule has 7 amide bonds. The maximum Gasteiger partial charge on any atom is 0.326 e. The van der Waals surface area contributed by atoms with Gasteiger partial charge in [0.2, 0.25) is 29.5 Å². The molecule has 3 atom stereocenters. The number of hydrogen-bond donors (Lipinski definition) is 10. The van der Waals surface area contributed by atoms with Gasteiger partial charge in [-0.15, -0.1) is 10.2 Å². The molecule has 1 aliphatic heterocycles. The van der Waals surface area contributed by atoms with Gasteiger partial charge in [-0.1, -0.05) is 37.9 Å². The first-order valence-corrected chi connectivity index (χ1v) is 23.3. The second-order valence-corrected chi connectivity index (χ2v) is 17.4. The Morgan fingerprint density at radius 3 is 2.22 bits per heavy atom. The first-order valence-electron chi connectivity index (χ1n) is 22.9. The number of carboxylic acid groups (broad SMARTS) is 1. The van der Waals surface area contributed by atoms with Crippen LogP contribution in [0.3, 0.4) is 0 Å². The normalized spacial score (nSPS) is 13.4. The minimum absolute atomic E-state index is 0.0234. The molecule has 0 aliphatic carbocycles. The SMILES string of the molecule is CC(NC(=O)C(NC(=O)CCCCCN1C(=O)C=CC1=O)C(C)C)C(=O)Nc1ccc(C(=O)NCCCC(NC(=O)c2ccc(NCc3ccc4nc(N)nc(N)c4c3Cl)cc2)C(=O)O)c(-c2nn[nH]n2)c1. The molecule has 12 N–H and O–H groups in total. The third kappa shape index (κ3) is 13.8. The van der Waals surface area contributed by atoms with Gasteiger partial charge in [-0.05, 0) is 97.8 Å². The molecule has 24 nitrogen and oxygen atoms in total. The number of amides is 7. The van der Waals surface area contributed by atoms with Gasteiger partial charge < -0.3 is 48.5 Å². The van der Waals surface area contributed by atoms with E-state index in [1.807, 2.05) is 0 Å². The number of imide groups is 1. The van der Waals surface area contributed by atoms with Crippen LogP contribution in [0.5, 0.6) is 0 Å². The molecule has 378 valence electrons. The lowest BCUT2D eigenvalue weighted by Crippen LogP contribution is -2.53. The van der Waals surface area contributed by atoms with E-state index in [1.54, 1.807) is 38.1 Å². The minimum Gasteiger partial charge on any atom is -0.480 e. The number of unbranched alkanes of at least 4 members (excludes halogenated alkanes) is 2. The number of benzene rings is 3. The summed E-state index contributed by atoms with van der Waals surface area (Å²) in [4.78, 5) is 111. The number of nitrogen functional groups attached to an aromatic ring is 2. The Morgan fingerprint density at radius 1 is 0.819 bits per heavy atom. The Hall–Kier alpha value is -8.54. The van der Waals surface area contributed by atoms with Crippen molar-refractivity contribution in [3.8, 4) is 11.4 Å². The van der Waals surface area contributed by atoms with Crippen LogP contribution in [0.4, 0.5) is 23.1 Å². The summed E-state index contributed by atoms with van der Waals surface area (Å²) in [6, 6.07) is 11.0. The van der Waals surface area contributed by atoms with E-state index in [2.05, 4.69) is 62.5 Å². The van der Waals surface area contributed by atoms with Gasteiger partial charge >= 0.3 is 5.97 Å². The van der Waals surface area contributed by atoms with E-state index in [1.165, 1.54) is 49.4 Å². The van der Waals surface area contributed by atoms with Gasteiger partial charge in [-0.2, -0.15) is 10.2 Å². The van der Waals surface area contributed by atoms with E-state index in [9.17, 15) is 43.5 Å². The fourth-order valence-electron chi connectivity index (χ4n) is 7.51. The van der Waals surface area contributed by atoms with Crippen LogP contribution in [-0.4, -0.2) is 119 Å². The molecule has 25 heteroatoms. The van der Waals surface area contributed by atoms with Crippen LogP contribution in [0.25, 0.3) is 22.3 Å². The van der Waals surface area contributed by atoms with E-state index in [0.717, 1.165) is 4.90 Å². The molecule has 0 spiro atoms. The van der Waals surface area contributed by atoms with E-state index in [0.29, 0.717) is 53.0 Å². The summed E-state index contributed by atoms with van der Waals surface area (Å²) in [5.41, 5.74) is 14.3. The van der Waals surface area contributed by atoms with Crippen LogP contribution < -0.4 is 43.4 Å². The molecule has 2 aromatic heterocycles. The predicted molar refractivity (Wildman–Crippen MR) is 265 cm³/mol. The number of halogens is 1. The molecule has 1 aliphatic rings. The van der Waals surface area contributed by atoms with Crippen LogP contribution in [0.1, 0.15) is 85.6 Å². The molecule has 3 heterocycles. The van der Waals surface area contributed by atoms with Crippen molar-refractivity contribution in [1.82, 2.24) is 56.8 Å². The Morgan fingerprint density at radius 2 is 1.54 bits per heavy atom. The second-order valence-electron chi connectivity index (χ2n) is 17.1. The number of anilines is 4. The van der Waals surface area contributed by atoms with E-state index in [-0.39, 0.29) is 96.0 Å². The highest BCUT2D eigenvalue weighted by atomic mass is 35.5. The average molecular weight is 1010 g/mol. The third-order valence-electron chi connectivity index (χ3n) is 11.4. The Balaban J connectivity index is 0.958. The van der Waals surface area contributed by atoms with Gasteiger partial charge in [0.25, 0.3) is 23.6 Å². The fourth-order valence-corrected chi connectivity index (χ4v) is 7.84. The number of nitrogens with zero attached hydrogens (tertiary/aromatic N) is 6. The van der Waals surface area contributed by atoms with Crippen molar-refractivity contribution in [3.05, 3.63) is 88.5 Å². The first kappa shape index (κ1) is 52.8. The smallest absolute Gasteiger partial charge is 0.326 e. The van der Waals surface area contributed by atoms with Gasteiger partial charge in [0, 0.05) is 60.7 Å². The van der Waals surface area contributed by atoms with E-state index in [4.69, 9.17) is 23.1 Å². The number of rotatable bonds is 24. The number of H-pyrrole nitrogens is 1. The highest BCUT2D eigenvalue weighted by Crippen LogP contribution is 2.31. The molecule has 0 saturated heterocycles. The Bertz CT molecular complexity index is 2860. The lowest BCUT2D eigenvalue weighted by Gasteiger charge is -2.24. The van der Waals surface area contributed by atoms with Crippen molar-refractivity contribution < 1.29 is 43.5 Å². The van der Waals surface area contributed by atoms with Gasteiger partial charge in [0.1, 0.15) is 23.9 Å². The molecular weight excluding hydrogens is 954 g/mol. The number of nitrogens with two attached hydrogens (primary N) is 2. The predicted octanol–water partition coefficient (Wildman–Crippen LogP) is 2.70. The summed E-state index contributed by atoms with van der Waals surface area (Å²) in [5, 5.41) is 41.2. The number of carbonyl (C=O) groups excluding carboxylic acids is 7. The van der Waals surface area contributed by atoms with Crippen LogP contribution in [0.2, 0.25) is 5.02 Å². The summed E-state index contributed by atoms with van der Waals surface area (Å²) >= 11 is 6.60. The van der Waals surface area contributed by atoms with Crippen LogP contribution in [0.15, 0.2) is 66.7 Å². The summed E-state index contributed by atoms with van der Waals surface area (Å²) in [6.07, 6.45) is 4.26. The highest BCUT2D eigenvalue weighted by molar-refractivity contribution is 6.37. The highest BCUT2D eigenvalue weighted by Gasteiger charge is 2.28. The molecule has 5 aromatic rings. The van der Waals surface area contributed by atoms with Crippen molar-refractivity contribution in [2.24, 2.45) is 5.92 Å². The van der Waals surface area contributed by atoms with Gasteiger partial charge in [-0.3, -0.25) is 38.5 Å². The van der Waals surface area contributed by atoms with Crippen molar-refractivity contribution >= 4 is 93.0 Å². The fraction of sp³-hybridized carbons (Fsp3) is 0.340. The third-order valence-corrected chi connectivity index (χ3v) is 11.9. The van der Waals surface area contributed by atoms with E-state index < -0.39 is 47.7 Å². The molecule has 72 heavy (non-hydrogen) atoms. The summed E-state index contributed by atoms with van der Waals surface area (Å²) in [6.45, 7) is 5.54. The monoisotopic (exact) mass is 1010 g/mol. The zero-order chi connectivity index (χ0) is 52.1. The largest absolute Gasteiger partial charge is 0.480 e. The van der Waals surface area contributed by atoms with Crippen molar-refractivity contribution in [2.75, 3.05) is 35.2 Å². The maximum atomic E-state index is 13.5. The number of tetrazole rings is 1. The van der Waals surface area contributed by atoms with Crippen molar-refractivity contribution in [1.29, 1.82) is 0 Å². The Labute approximate surface area is 416 Å². The topological polar surface area (TPSA) is 364 Å². The summed E-state index contributed by atoms with van der Waals surface area (Å²) in [5.74, 6) is -4.84. The molecular formula is C47H54ClN15O9. The number of nitrogens with one attached hydrogen (secondary N) is 7.